The Hall–Kier alpha value is -1.83. The number of phenols is 1. The third kappa shape index (κ3) is 4.85. The third-order valence-electron chi connectivity index (χ3n) is 5.74. The van der Waals surface area contributed by atoms with E-state index in [4.69, 9.17) is 21.1 Å². The van der Waals surface area contributed by atoms with Gasteiger partial charge in [-0.1, -0.05) is 29.8 Å². The van der Waals surface area contributed by atoms with Gasteiger partial charge in [-0.05, 0) is 30.7 Å². The molecule has 4 rings (SSSR count). The highest BCUT2D eigenvalue weighted by Gasteiger charge is 2.36. The molecule has 0 aromatic heterocycles. The fraction of sp³-hybridized carbons (Fsp3) is 0.455. The van der Waals surface area contributed by atoms with E-state index in [0.29, 0.717) is 12.4 Å². The molecule has 2 saturated heterocycles. The predicted molar refractivity (Wildman–Crippen MR) is 114 cm³/mol. The van der Waals surface area contributed by atoms with Crippen LogP contribution in [-0.4, -0.2) is 55.5 Å². The average Bonchev–Trinajstić information content (AvgIpc) is 3.11. The highest BCUT2D eigenvalue weighted by Crippen LogP contribution is 2.41. The number of ether oxygens (including phenoxy) is 2. The molecule has 0 spiro atoms. The molecule has 2 heterocycles. The van der Waals surface area contributed by atoms with E-state index in [1.807, 2.05) is 36.4 Å². The van der Waals surface area contributed by atoms with E-state index in [9.17, 15) is 5.11 Å². The average molecular weight is 418 g/mol. The molecule has 0 aliphatic carbocycles. The second kappa shape index (κ2) is 9.32. The first kappa shape index (κ1) is 20.4. The van der Waals surface area contributed by atoms with Crippen LogP contribution in [0.15, 0.2) is 42.5 Å². The number of hydrazine groups is 1. The molecule has 2 aromatic carbocycles. The Morgan fingerprint density at radius 2 is 1.90 bits per heavy atom. The second-order valence-electron chi connectivity index (χ2n) is 7.66. The van der Waals surface area contributed by atoms with Crippen molar-refractivity contribution in [2.75, 3.05) is 39.5 Å². The van der Waals surface area contributed by atoms with Crippen LogP contribution >= 0.6 is 11.6 Å². The van der Waals surface area contributed by atoms with Crippen molar-refractivity contribution in [2.24, 2.45) is 0 Å². The number of aromatic hydroxyl groups is 1. The van der Waals surface area contributed by atoms with Gasteiger partial charge in [0.25, 0.3) is 0 Å². The Labute approximate surface area is 176 Å². The molecule has 29 heavy (non-hydrogen) atoms. The van der Waals surface area contributed by atoms with E-state index in [-0.39, 0.29) is 23.8 Å². The van der Waals surface area contributed by atoms with E-state index in [1.165, 1.54) is 5.56 Å². The summed E-state index contributed by atoms with van der Waals surface area (Å²) in [5, 5.41) is 11.4. The molecule has 0 radical (unpaired) electrons. The maximum absolute atomic E-state index is 10.7. The Bertz CT molecular complexity index is 811. The van der Waals surface area contributed by atoms with Gasteiger partial charge in [-0.25, -0.2) is 5.43 Å². The lowest BCUT2D eigenvalue weighted by atomic mass is 9.84. The first-order valence-electron chi connectivity index (χ1n) is 10.1. The summed E-state index contributed by atoms with van der Waals surface area (Å²) >= 11 is 6.05. The van der Waals surface area contributed by atoms with E-state index in [0.717, 1.165) is 43.4 Å². The van der Waals surface area contributed by atoms with Gasteiger partial charge in [-0.2, -0.15) is 0 Å². The summed E-state index contributed by atoms with van der Waals surface area (Å²) in [6, 6.07) is 13.7. The monoisotopic (exact) mass is 417 g/mol. The molecule has 2 aliphatic heterocycles. The SMILES string of the molecule is CC1NNC(c2ccc(OCCN3CCOCC3)cc2O)C1c1ccc(Cl)cc1. The van der Waals surface area contributed by atoms with Crippen LogP contribution in [0.2, 0.25) is 5.02 Å². The van der Waals surface area contributed by atoms with Gasteiger partial charge in [0.15, 0.2) is 0 Å². The van der Waals surface area contributed by atoms with Crippen LogP contribution in [0.1, 0.15) is 30.0 Å². The lowest BCUT2D eigenvalue weighted by Gasteiger charge is -2.26. The van der Waals surface area contributed by atoms with E-state index in [1.54, 1.807) is 6.07 Å². The number of nitrogens with zero attached hydrogens (tertiary/aromatic N) is 1. The van der Waals surface area contributed by atoms with Crippen molar-refractivity contribution in [3.05, 3.63) is 58.6 Å². The summed E-state index contributed by atoms with van der Waals surface area (Å²) in [6.07, 6.45) is 0. The molecule has 7 heteroatoms. The fourth-order valence-electron chi connectivity index (χ4n) is 4.12. The normalized spacial score (nSPS) is 25.2. The lowest BCUT2D eigenvalue weighted by molar-refractivity contribution is 0.0322. The molecule has 6 nitrogen and oxygen atoms in total. The Morgan fingerprint density at radius 3 is 2.62 bits per heavy atom. The van der Waals surface area contributed by atoms with Crippen LogP contribution in [-0.2, 0) is 4.74 Å². The van der Waals surface area contributed by atoms with Crippen molar-refractivity contribution in [1.82, 2.24) is 15.8 Å². The van der Waals surface area contributed by atoms with E-state index in [2.05, 4.69) is 22.7 Å². The van der Waals surface area contributed by atoms with Gasteiger partial charge < -0.3 is 14.6 Å². The van der Waals surface area contributed by atoms with Crippen molar-refractivity contribution in [3.63, 3.8) is 0 Å². The molecular weight excluding hydrogens is 390 g/mol. The number of phenolic OH excluding ortho intramolecular Hbond substituents is 1. The molecule has 0 saturated carbocycles. The summed E-state index contributed by atoms with van der Waals surface area (Å²) in [5.74, 6) is 1.09. The van der Waals surface area contributed by atoms with E-state index < -0.39 is 0 Å². The smallest absolute Gasteiger partial charge is 0.124 e. The molecule has 3 N–H and O–H groups in total. The standard InChI is InChI=1S/C22H28ClN3O3/c1-15-21(16-2-4-17(23)5-3-16)22(25-24-15)19-7-6-18(14-20(19)27)29-13-10-26-8-11-28-12-9-26/h2-7,14-15,21-22,24-25,27H,8-13H2,1H3. The minimum Gasteiger partial charge on any atom is -0.507 e. The first-order valence-corrected chi connectivity index (χ1v) is 10.5. The number of nitrogens with one attached hydrogen (secondary N) is 2. The second-order valence-corrected chi connectivity index (χ2v) is 8.09. The fourth-order valence-corrected chi connectivity index (χ4v) is 4.25. The number of rotatable bonds is 6. The Morgan fingerprint density at radius 1 is 1.14 bits per heavy atom. The summed E-state index contributed by atoms with van der Waals surface area (Å²) in [7, 11) is 0. The molecule has 2 aromatic rings. The minimum atomic E-state index is -0.0476. The van der Waals surface area contributed by atoms with Crippen LogP contribution < -0.4 is 15.6 Å². The van der Waals surface area contributed by atoms with Gasteiger partial charge in [-0.15, -0.1) is 0 Å². The van der Waals surface area contributed by atoms with Crippen molar-refractivity contribution in [1.29, 1.82) is 0 Å². The van der Waals surface area contributed by atoms with Gasteiger partial charge >= 0.3 is 0 Å². The lowest BCUT2D eigenvalue weighted by Crippen LogP contribution is -2.38. The molecule has 0 amide bonds. The summed E-state index contributed by atoms with van der Waals surface area (Å²) in [6.45, 7) is 7.03. The van der Waals surface area contributed by atoms with Crippen molar-refractivity contribution >= 4 is 11.6 Å². The number of halogens is 1. The topological polar surface area (TPSA) is 66.0 Å². The molecule has 2 fully saturated rings. The quantitative estimate of drug-likeness (QED) is 0.671. The molecule has 0 bridgehead atoms. The molecule has 2 aliphatic rings. The molecule has 156 valence electrons. The van der Waals surface area contributed by atoms with Crippen LogP contribution in [0.4, 0.5) is 0 Å². The first-order chi connectivity index (χ1) is 14.1. The summed E-state index contributed by atoms with van der Waals surface area (Å²) < 4.78 is 11.2. The molecular formula is C22H28ClN3O3. The van der Waals surface area contributed by atoms with Gasteiger partial charge in [-0.3, -0.25) is 10.3 Å². The number of hydrogen-bond donors (Lipinski definition) is 3. The summed E-state index contributed by atoms with van der Waals surface area (Å²) in [4.78, 5) is 2.32. The van der Waals surface area contributed by atoms with Crippen LogP contribution in [0, 0.1) is 0 Å². The number of morpholine rings is 1. The van der Waals surface area contributed by atoms with Crippen molar-refractivity contribution in [3.8, 4) is 11.5 Å². The van der Waals surface area contributed by atoms with Gasteiger partial charge in [0.2, 0.25) is 0 Å². The van der Waals surface area contributed by atoms with Crippen LogP contribution in [0.3, 0.4) is 0 Å². The largest absolute Gasteiger partial charge is 0.507 e. The molecule has 3 atom stereocenters. The van der Waals surface area contributed by atoms with Crippen molar-refractivity contribution < 1.29 is 14.6 Å². The van der Waals surface area contributed by atoms with Gasteiger partial charge in [0.05, 0.1) is 19.3 Å². The van der Waals surface area contributed by atoms with Gasteiger partial charge in [0.1, 0.15) is 18.1 Å². The van der Waals surface area contributed by atoms with E-state index >= 15 is 0 Å². The maximum Gasteiger partial charge on any atom is 0.124 e. The zero-order valence-electron chi connectivity index (χ0n) is 16.6. The van der Waals surface area contributed by atoms with Crippen molar-refractivity contribution in [2.45, 2.75) is 24.9 Å². The highest BCUT2D eigenvalue weighted by atomic mass is 35.5. The highest BCUT2D eigenvalue weighted by molar-refractivity contribution is 6.30. The zero-order chi connectivity index (χ0) is 20.2. The Balaban J connectivity index is 1.43. The van der Waals surface area contributed by atoms with Gasteiger partial charge in [0, 0.05) is 48.2 Å². The number of hydrogen-bond acceptors (Lipinski definition) is 6. The Kier molecular flexibility index (Phi) is 6.57. The number of benzene rings is 2. The predicted octanol–water partition coefficient (Wildman–Crippen LogP) is 3.08. The van der Waals surface area contributed by atoms with Crippen LogP contribution in [0.5, 0.6) is 11.5 Å². The zero-order valence-corrected chi connectivity index (χ0v) is 17.4. The maximum atomic E-state index is 10.7. The van der Waals surface area contributed by atoms with Crippen LogP contribution in [0.25, 0.3) is 0 Å². The molecule has 3 unspecified atom stereocenters. The third-order valence-corrected chi connectivity index (χ3v) is 5.99. The minimum absolute atomic E-state index is 0.0476. The summed E-state index contributed by atoms with van der Waals surface area (Å²) in [5.41, 5.74) is 8.66.